The van der Waals surface area contributed by atoms with Gasteiger partial charge in [-0.3, -0.25) is 9.36 Å². The number of hydrogen-bond acceptors (Lipinski definition) is 4. The zero-order chi connectivity index (χ0) is 12.7. The SMILES string of the molecule is Cc1sc2ncn([C@H](C)C(=O)O)c(=O)c2c1C. The zero-order valence-corrected chi connectivity index (χ0v) is 10.5. The fourth-order valence-electron chi connectivity index (χ4n) is 1.64. The number of carboxylic acid groups (broad SMARTS) is 1. The van der Waals surface area contributed by atoms with Crippen LogP contribution >= 0.6 is 11.3 Å². The van der Waals surface area contributed by atoms with E-state index in [0.717, 1.165) is 15.0 Å². The van der Waals surface area contributed by atoms with E-state index in [4.69, 9.17) is 5.11 Å². The van der Waals surface area contributed by atoms with Crippen molar-refractivity contribution >= 4 is 27.5 Å². The van der Waals surface area contributed by atoms with Crippen molar-refractivity contribution in [3.8, 4) is 0 Å². The summed E-state index contributed by atoms with van der Waals surface area (Å²) >= 11 is 1.45. The maximum atomic E-state index is 12.2. The number of carboxylic acids is 1. The maximum absolute atomic E-state index is 12.2. The molecule has 0 saturated carbocycles. The molecule has 17 heavy (non-hydrogen) atoms. The lowest BCUT2D eigenvalue weighted by Gasteiger charge is -2.09. The number of hydrogen-bond donors (Lipinski definition) is 1. The molecular formula is C11H12N2O3S. The van der Waals surface area contributed by atoms with Gasteiger partial charge in [0, 0.05) is 4.88 Å². The second kappa shape index (κ2) is 3.96. The Morgan fingerprint density at radius 1 is 1.53 bits per heavy atom. The summed E-state index contributed by atoms with van der Waals surface area (Å²) in [5, 5.41) is 9.45. The summed E-state index contributed by atoms with van der Waals surface area (Å²) in [5.41, 5.74) is 0.598. The molecule has 90 valence electrons. The molecule has 0 bridgehead atoms. The predicted molar refractivity (Wildman–Crippen MR) is 65.7 cm³/mol. The summed E-state index contributed by atoms with van der Waals surface area (Å²) in [6, 6.07) is -0.904. The van der Waals surface area contributed by atoms with Gasteiger partial charge in [-0.2, -0.15) is 0 Å². The summed E-state index contributed by atoms with van der Waals surface area (Å²) in [6.07, 6.45) is 1.30. The number of rotatable bonds is 2. The molecule has 0 aliphatic carbocycles. The van der Waals surface area contributed by atoms with Crippen LogP contribution in [0.1, 0.15) is 23.4 Å². The van der Waals surface area contributed by atoms with Crippen LogP contribution in [0.25, 0.3) is 10.2 Å². The summed E-state index contributed by atoms with van der Waals surface area (Å²) in [6.45, 7) is 5.24. The van der Waals surface area contributed by atoms with Crippen molar-refractivity contribution in [2.45, 2.75) is 26.8 Å². The highest BCUT2D eigenvalue weighted by Gasteiger charge is 2.18. The average Bonchev–Trinajstić information content (AvgIpc) is 2.55. The Bertz CT molecular complexity index is 657. The van der Waals surface area contributed by atoms with Crippen LogP contribution < -0.4 is 5.56 Å². The van der Waals surface area contributed by atoms with Crippen LogP contribution in [0.15, 0.2) is 11.1 Å². The summed E-state index contributed by atoms with van der Waals surface area (Å²) in [7, 11) is 0. The molecule has 5 nitrogen and oxygen atoms in total. The fourth-order valence-corrected chi connectivity index (χ4v) is 2.63. The molecule has 0 aliphatic rings. The monoisotopic (exact) mass is 252 g/mol. The minimum absolute atomic E-state index is 0.285. The highest BCUT2D eigenvalue weighted by molar-refractivity contribution is 7.18. The van der Waals surface area contributed by atoms with Gasteiger partial charge in [0.2, 0.25) is 0 Å². The van der Waals surface area contributed by atoms with Crippen molar-refractivity contribution in [2.75, 3.05) is 0 Å². The number of fused-ring (bicyclic) bond motifs is 1. The van der Waals surface area contributed by atoms with Crippen molar-refractivity contribution in [3.63, 3.8) is 0 Å². The normalized spacial score (nSPS) is 12.9. The van der Waals surface area contributed by atoms with E-state index in [0.29, 0.717) is 10.2 Å². The first-order valence-corrected chi connectivity index (χ1v) is 5.94. The lowest BCUT2D eigenvalue weighted by atomic mass is 10.2. The summed E-state index contributed by atoms with van der Waals surface area (Å²) < 4.78 is 1.16. The molecule has 1 N–H and O–H groups in total. The molecule has 0 aliphatic heterocycles. The topological polar surface area (TPSA) is 72.2 Å². The Hall–Kier alpha value is -1.69. The smallest absolute Gasteiger partial charge is 0.326 e. The van der Waals surface area contributed by atoms with Gasteiger partial charge in [0.05, 0.1) is 11.7 Å². The minimum atomic E-state index is -1.04. The van der Waals surface area contributed by atoms with Crippen molar-refractivity contribution in [3.05, 3.63) is 27.1 Å². The number of thiophene rings is 1. The van der Waals surface area contributed by atoms with Gasteiger partial charge in [-0.05, 0) is 26.3 Å². The Balaban J connectivity index is 2.78. The third kappa shape index (κ3) is 1.74. The van der Waals surface area contributed by atoms with E-state index in [1.807, 2.05) is 13.8 Å². The second-order valence-corrected chi connectivity index (χ2v) is 5.14. The standard InChI is InChI=1S/C11H12N2O3S/c1-5-7(3)17-9-8(5)10(14)13(4-12-9)6(2)11(15)16/h4,6H,1-3H3,(H,15,16)/t6-/m1/s1. The number of aromatic nitrogens is 2. The van der Waals surface area contributed by atoms with Crippen molar-refractivity contribution in [2.24, 2.45) is 0 Å². The molecule has 0 fully saturated rings. The number of aryl methyl sites for hydroxylation is 2. The van der Waals surface area contributed by atoms with Gasteiger partial charge in [0.25, 0.3) is 5.56 Å². The fraction of sp³-hybridized carbons (Fsp3) is 0.364. The van der Waals surface area contributed by atoms with E-state index < -0.39 is 12.0 Å². The highest BCUT2D eigenvalue weighted by atomic mass is 32.1. The number of nitrogens with zero attached hydrogens (tertiary/aromatic N) is 2. The van der Waals surface area contributed by atoms with Crippen LogP contribution in [0.2, 0.25) is 0 Å². The van der Waals surface area contributed by atoms with E-state index in [1.165, 1.54) is 24.6 Å². The molecule has 2 heterocycles. The third-order valence-corrected chi connectivity index (χ3v) is 4.00. The number of carbonyl (C=O) groups is 1. The lowest BCUT2D eigenvalue weighted by molar-refractivity contribution is -0.140. The molecule has 2 rings (SSSR count). The molecule has 0 saturated heterocycles. The highest BCUT2D eigenvalue weighted by Crippen LogP contribution is 2.25. The average molecular weight is 252 g/mol. The lowest BCUT2D eigenvalue weighted by Crippen LogP contribution is -2.28. The molecule has 6 heteroatoms. The molecular weight excluding hydrogens is 240 g/mol. The second-order valence-electron chi connectivity index (χ2n) is 3.93. The molecule has 2 aromatic rings. The minimum Gasteiger partial charge on any atom is -0.480 e. The van der Waals surface area contributed by atoms with Gasteiger partial charge in [-0.15, -0.1) is 11.3 Å². The number of aliphatic carboxylic acids is 1. The van der Waals surface area contributed by atoms with Gasteiger partial charge < -0.3 is 5.11 Å². The molecule has 0 aromatic carbocycles. The first-order valence-electron chi connectivity index (χ1n) is 5.13. The van der Waals surface area contributed by atoms with Crippen LogP contribution in [-0.4, -0.2) is 20.6 Å². The predicted octanol–water partition coefficient (Wildman–Crippen LogP) is 1.72. The van der Waals surface area contributed by atoms with Crippen LogP contribution in [0.5, 0.6) is 0 Å². The molecule has 0 unspecified atom stereocenters. The van der Waals surface area contributed by atoms with E-state index in [-0.39, 0.29) is 5.56 Å². The Morgan fingerprint density at radius 3 is 2.76 bits per heavy atom. The Labute approximate surface area is 101 Å². The van der Waals surface area contributed by atoms with E-state index in [1.54, 1.807) is 0 Å². The van der Waals surface area contributed by atoms with Crippen LogP contribution in [0, 0.1) is 13.8 Å². The first kappa shape index (κ1) is 11.8. The van der Waals surface area contributed by atoms with Gasteiger partial charge in [-0.1, -0.05) is 0 Å². The van der Waals surface area contributed by atoms with E-state index >= 15 is 0 Å². The molecule has 1 atom stereocenters. The largest absolute Gasteiger partial charge is 0.480 e. The maximum Gasteiger partial charge on any atom is 0.326 e. The zero-order valence-electron chi connectivity index (χ0n) is 9.72. The van der Waals surface area contributed by atoms with Crippen LogP contribution in [-0.2, 0) is 4.79 Å². The summed E-state index contributed by atoms with van der Waals surface area (Å²) in [5.74, 6) is -1.04. The van der Waals surface area contributed by atoms with E-state index in [9.17, 15) is 9.59 Å². The molecule has 0 amide bonds. The Kier molecular flexibility index (Phi) is 2.74. The van der Waals surface area contributed by atoms with Gasteiger partial charge in [-0.25, -0.2) is 9.78 Å². The van der Waals surface area contributed by atoms with Crippen LogP contribution in [0.4, 0.5) is 0 Å². The first-order chi connectivity index (χ1) is 7.93. The van der Waals surface area contributed by atoms with Crippen molar-refractivity contribution in [1.29, 1.82) is 0 Å². The van der Waals surface area contributed by atoms with E-state index in [2.05, 4.69) is 4.98 Å². The summed E-state index contributed by atoms with van der Waals surface area (Å²) in [4.78, 5) is 28.9. The van der Waals surface area contributed by atoms with Crippen LogP contribution in [0.3, 0.4) is 0 Å². The van der Waals surface area contributed by atoms with Gasteiger partial charge in [0.1, 0.15) is 10.9 Å². The van der Waals surface area contributed by atoms with Crippen molar-refractivity contribution in [1.82, 2.24) is 9.55 Å². The van der Waals surface area contributed by atoms with Crippen molar-refractivity contribution < 1.29 is 9.90 Å². The quantitative estimate of drug-likeness (QED) is 0.883. The van der Waals surface area contributed by atoms with Gasteiger partial charge >= 0.3 is 5.97 Å². The third-order valence-electron chi connectivity index (χ3n) is 2.89. The van der Waals surface area contributed by atoms with Gasteiger partial charge in [0.15, 0.2) is 0 Å². The molecule has 2 aromatic heterocycles. The molecule has 0 spiro atoms. The molecule has 0 radical (unpaired) electrons. The Morgan fingerprint density at radius 2 is 2.18 bits per heavy atom.